The number of nitrogens with zero attached hydrogens (tertiary/aromatic N) is 4. The summed E-state index contributed by atoms with van der Waals surface area (Å²) >= 11 is 0. The van der Waals surface area contributed by atoms with Crippen LogP contribution in [-0.4, -0.2) is 71.0 Å². The fraction of sp³-hybridized carbons (Fsp3) is 0.476. The number of rotatable bonds is 7. The van der Waals surface area contributed by atoms with Gasteiger partial charge in [0.15, 0.2) is 0 Å². The van der Waals surface area contributed by atoms with E-state index in [4.69, 9.17) is 4.74 Å². The van der Waals surface area contributed by atoms with E-state index in [1.807, 2.05) is 0 Å². The molecule has 1 amide bonds. The lowest BCUT2D eigenvalue weighted by Crippen LogP contribution is -2.42. The van der Waals surface area contributed by atoms with E-state index >= 15 is 0 Å². The van der Waals surface area contributed by atoms with E-state index in [0.717, 1.165) is 38.3 Å². The summed E-state index contributed by atoms with van der Waals surface area (Å²) in [5.74, 6) is 0.828. The van der Waals surface area contributed by atoms with Crippen LogP contribution < -0.4 is 15.5 Å². The Morgan fingerprint density at radius 3 is 2.70 bits per heavy atom. The lowest BCUT2D eigenvalue weighted by Gasteiger charge is -2.27. The predicted molar refractivity (Wildman–Crippen MR) is 113 cm³/mol. The summed E-state index contributed by atoms with van der Waals surface area (Å²) in [6, 6.07) is 9.71. The third kappa shape index (κ3) is 4.86. The van der Waals surface area contributed by atoms with E-state index in [1.54, 1.807) is 19.2 Å². The summed E-state index contributed by atoms with van der Waals surface area (Å²) in [7, 11) is 0. The number of anilines is 2. The first-order chi connectivity index (χ1) is 14.6. The van der Waals surface area contributed by atoms with Gasteiger partial charge < -0.3 is 20.5 Å². The number of amides is 1. The van der Waals surface area contributed by atoms with Gasteiger partial charge in [0.2, 0.25) is 5.95 Å². The number of aromatic nitrogens is 2. The van der Waals surface area contributed by atoms with Crippen molar-refractivity contribution in [2.24, 2.45) is 0 Å². The number of carbonyl (C=O) groups is 1. The number of benzene rings is 1. The lowest BCUT2D eigenvalue weighted by atomic mass is 10.1. The van der Waals surface area contributed by atoms with Crippen molar-refractivity contribution in [2.45, 2.75) is 32.2 Å². The molecular weight excluding hydrogens is 384 g/mol. The van der Waals surface area contributed by atoms with E-state index in [0.29, 0.717) is 18.3 Å². The summed E-state index contributed by atoms with van der Waals surface area (Å²) in [6.45, 7) is 7.57. The molecular formula is C21H28N6O3. The lowest BCUT2D eigenvalue weighted by molar-refractivity contribution is 0.142. The number of cyclic esters (lactones) is 1. The molecule has 2 unspecified atom stereocenters. The molecule has 3 N–H and O–H groups in total. The van der Waals surface area contributed by atoms with Crippen molar-refractivity contribution in [3.8, 4) is 0 Å². The van der Waals surface area contributed by atoms with Crippen molar-refractivity contribution in [1.29, 1.82) is 0 Å². The molecule has 0 bridgehead atoms. The largest absolute Gasteiger partial charge is 0.447 e. The Hall–Kier alpha value is -2.75. The minimum absolute atomic E-state index is 0.142. The average molecular weight is 412 g/mol. The number of aliphatic hydroxyl groups is 1. The molecule has 9 heteroatoms. The number of hydrogen-bond acceptors (Lipinski definition) is 8. The second kappa shape index (κ2) is 9.38. The summed E-state index contributed by atoms with van der Waals surface area (Å²) in [5.41, 5.74) is 2.42. The van der Waals surface area contributed by atoms with Crippen molar-refractivity contribution in [1.82, 2.24) is 20.2 Å². The van der Waals surface area contributed by atoms with Crippen molar-refractivity contribution in [3.05, 3.63) is 47.7 Å². The van der Waals surface area contributed by atoms with Crippen LogP contribution >= 0.6 is 0 Å². The zero-order chi connectivity index (χ0) is 20.9. The topological polar surface area (TPSA) is 103 Å². The molecule has 2 aromatic rings. The monoisotopic (exact) mass is 412 g/mol. The first-order valence-electron chi connectivity index (χ1n) is 10.3. The van der Waals surface area contributed by atoms with Crippen LogP contribution in [0.1, 0.15) is 18.1 Å². The van der Waals surface area contributed by atoms with Gasteiger partial charge in [-0.25, -0.2) is 9.78 Å². The molecule has 3 heterocycles. The Balaban J connectivity index is 1.36. The average Bonchev–Trinajstić information content (AvgIpc) is 3.16. The molecule has 0 aliphatic carbocycles. The van der Waals surface area contributed by atoms with Crippen molar-refractivity contribution in [3.63, 3.8) is 0 Å². The quantitative estimate of drug-likeness (QED) is 0.624. The van der Waals surface area contributed by atoms with Gasteiger partial charge >= 0.3 is 6.09 Å². The van der Waals surface area contributed by atoms with Crippen LogP contribution in [-0.2, 0) is 17.8 Å². The normalized spacial score (nSPS) is 20.8. The van der Waals surface area contributed by atoms with Gasteiger partial charge in [0.05, 0.1) is 6.10 Å². The highest BCUT2D eigenvalue weighted by molar-refractivity contribution is 5.89. The maximum Gasteiger partial charge on any atom is 0.416 e. The molecule has 4 rings (SSSR count). The van der Waals surface area contributed by atoms with Crippen molar-refractivity contribution >= 4 is 17.9 Å². The van der Waals surface area contributed by atoms with Gasteiger partial charge in [0, 0.05) is 45.5 Å². The van der Waals surface area contributed by atoms with Gasteiger partial charge in [0.1, 0.15) is 18.5 Å². The second-order valence-electron chi connectivity index (χ2n) is 7.69. The van der Waals surface area contributed by atoms with Gasteiger partial charge in [-0.05, 0) is 24.1 Å². The molecule has 1 aromatic carbocycles. The standard InChI is InChI=1S/C21H28N6O3/c1-15(28)18-14-30-21(29)27(18)19-6-7-23-20(25-19)24-12-16-2-4-17(5-3-16)13-26-10-8-22-9-11-26/h2-7,15,18,22,28H,8-14H2,1H3,(H,23,24,25). The number of aliphatic hydroxyl groups excluding tert-OH is 1. The predicted octanol–water partition coefficient (Wildman–Crippen LogP) is 1.20. The fourth-order valence-corrected chi connectivity index (χ4v) is 3.69. The maximum atomic E-state index is 12.1. The molecule has 0 spiro atoms. The number of hydrogen-bond donors (Lipinski definition) is 3. The molecule has 1 aromatic heterocycles. The second-order valence-corrected chi connectivity index (χ2v) is 7.69. The molecule has 30 heavy (non-hydrogen) atoms. The maximum absolute atomic E-state index is 12.1. The SMILES string of the molecule is CC(O)C1COC(=O)N1c1ccnc(NCc2ccc(CN3CCNCC3)cc2)n1. The molecule has 2 saturated heterocycles. The first kappa shape index (κ1) is 20.5. The van der Waals surface area contributed by atoms with E-state index in [1.165, 1.54) is 10.5 Å². The third-order valence-corrected chi connectivity index (χ3v) is 5.44. The molecule has 160 valence electrons. The van der Waals surface area contributed by atoms with Gasteiger partial charge in [-0.1, -0.05) is 24.3 Å². The Kier molecular flexibility index (Phi) is 6.41. The van der Waals surface area contributed by atoms with E-state index in [9.17, 15) is 9.90 Å². The molecule has 2 atom stereocenters. The highest BCUT2D eigenvalue weighted by atomic mass is 16.6. The minimum Gasteiger partial charge on any atom is -0.447 e. The Morgan fingerprint density at radius 1 is 1.23 bits per heavy atom. The molecule has 2 aliphatic heterocycles. The fourth-order valence-electron chi connectivity index (χ4n) is 3.69. The highest BCUT2D eigenvalue weighted by Crippen LogP contribution is 2.23. The van der Waals surface area contributed by atoms with Gasteiger partial charge in [-0.3, -0.25) is 9.80 Å². The highest BCUT2D eigenvalue weighted by Gasteiger charge is 2.38. The van der Waals surface area contributed by atoms with E-state index in [-0.39, 0.29) is 6.61 Å². The summed E-state index contributed by atoms with van der Waals surface area (Å²) < 4.78 is 5.07. The summed E-state index contributed by atoms with van der Waals surface area (Å²) in [4.78, 5) is 24.6. The smallest absolute Gasteiger partial charge is 0.416 e. The summed E-state index contributed by atoms with van der Waals surface area (Å²) in [6.07, 6.45) is 0.361. The van der Waals surface area contributed by atoms with Crippen LogP contribution in [0, 0.1) is 0 Å². The Labute approximate surface area is 176 Å². The summed E-state index contributed by atoms with van der Waals surface area (Å²) in [5, 5.41) is 16.5. The zero-order valence-electron chi connectivity index (χ0n) is 17.1. The van der Waals surface area contributed by atoms with Crippen LogP contribution in [0.4, 0.5) is 16.6 Å². The van der Waals surface area contributed by atoms with Crippen LogP contribution in [0.2, 0.25) is 0 Å². The molecule has 9 nitrogen and oxygen atoms in total. The number of ether oxygens (including phenoxy) is 1. The molecule has 0 radical (unpaired) electrons. The number of nitrogens with one attached hydrogen (secondary N) is 2. The molecule has 2 aliphatic rings. The molecule has 2 fully saturated rings. The van der Waals surface area contributed by atoms with Gasteiger partial charge in [-0.2, -0.15) is 4.98 Å². The Bertz CT molecular complexity index is 854. The third-order valence-electron chi connectivity index (χ3n) is 5.44. The number of carbonyl (C=O) groups excluding carboxylic acids is 1. The molecule has 0 saturated carbocycles. The van der Waals surface area contributed by atoms with Gasteiger partial charge in [0.25, 0.3) is 0 Å². The van der Waals surface area contributed by atoms with Crippen LogP contribution in [0.25, 0.3) is 0 Å². The minimum atomic E-state index is -0.720. The zero-order valence-corrected chi connectivity index (χ0v) is 17.1. The van der Waals surface area contributed by atoms with Crippen LogP contribution in [0.3, 0.4) is 0 Å². The number of piperazine rings is 1. The first-order valence-corrected chi connectivity index (χ1v) is 10.3. The van der Waals surface area contributed by atoms with Crippen LogP contribution in [0.15, 0.2) is 36.5 Å². The van der Waals surface area contributed by atoms with Crippen LogP contribution in [0.5, 0.6) is 0 Å². The van der Waals surface area contributed by atoms with Crippen molar-refractivity contribution < 1.29 is 14.6 Å². The van der Waals surface area contributed by atoms with Crippen molar-refractivity contribution in [2.75, 3.05) is 43.0 Å². The van der Waals surface area contributed by atoms with E-state index < -0.39 is 18.2 Å². The Morgan fingerprint density at radius 2 is 1.97 bits per heavy atom. The van der Waals surface area contributed by atoms with Gasteiger partial charge in [-0.15, -0.1) is 0 Å². The van der Waals surface area contributed by atoms with E-state index in [2.05, 4.69) is 49.8 Å².